The molecule has 52 heavy (non-hydrogen) atoms. The molecular weight excluding hydrogens is 645 g/mol. The number of nitrogens with two attached hydrogens (primary N) is 2. The number of esters is 1. The fraction of sp³-hybridized carbons (Fsp3) is 0.911. The van der Waals surface area contributed by atoms with Crippen molar-refractivity contribution in [2.45, 2.75) is 189 Å². The lowest BCUT2D eigenvalue weighted by molar-refractivity contribution is -0.153. The lowest BCUT2D eigenvalue weighted by atomic mass is 9.47. The molecule has 4 aliphatic carbocycles. The van der Waals surface area contributed by atoms with Crippen LogP contribution in [0.3, 0.4) is 0 Å². The summed E-state index contributed by atoms with van der Waals surface area (Å²) in [6, 6.07) is 0. The van der Waals surface area contributed by atoms with Gasteiger partial charge in [0.2, 0.25) is 5.91 Å². The van der Waals surface area contributed by atoms with Gasteiger partial charge in [0.25, 0.3) is 0 Å². The second-order valence-electron chi connectivity index (χ2n) is 20.4. The lowest BCUT2D eigenvalue weighted by Crippen LogP contribution is -2.50. The van der Waals surface area contributed by atoms with E-state index in [4.69, 9.17) is 16.2 Å². The zero-order chi connectivity index (χ0) is 38.3. The highest BCUT2D eigenvalue weighted by atomic mass is 16.5. The number of unbranched alkanes of at least 4 members (excludes halogenated alkanes) is 1. The van der Waals surface area contributed by atoms with Crippen LogP contribution in [0.2, 0.25) is 0 Å². The normalized spacial score (nSPS) is 31.0. The molecule has 3 saturated carbocycles. The molecule has 0 heterocycles. The van der Waals surface area contributed by atoms with Gasteiger partial charge in [-0.2, -0.15) is 0 Å². The van der Waals surface area contributed by atoms with Crippen molar-refractivity contribution >= 4 is 11.9 Å². The highest BCUT2D eigenvalue weighted by Gasteiger charge is 2.58. The van der Waals surface area contributed by atoms with Crippen molar-refractivity contribution < 1.29 is 14.3 Å². The van der Waals surface area contributed by atoms with E-state index in [1.165, 1.54) is 51.4 Å². The number of fused-ring (bicyclic) bond motifs is 5. The Balaban J connectivity index is 1.24. The Morgan fingerprint density at radius 1 is 0.904 bits per heavy atom. The van der Waals surface area contributed by atoms with Crippen LogP contribution < -0.4 is 16.8 Å². The van der Waals surface area contributed by atoms with Gasteiger partial charge in [-0.25, -0.2) is 0 Å². The number of rotatable bonds is 20. The van der Waals surface area contributed by atoms with Gasteiger partial charge in [0.05, 0.1) is 6.42 Å². The molecule has 4 rings (SSSR count). The molecule has 0 aromatic carbocycles. The van der Waals surface area contributed by atoms with Crippen molar-refractivity contribution in [3.8, 4) is 0 Å². The minimum absolute atomic E-state index is 0.0276. The molecule has 4 aliphatic rings. The smallest absolute Gasteiger partial charge is 0.306 e. The number of amides is 1. The van der Waals surface area contributed by atoms with E-state index >= 15 is 0 Å². The summed E-state index contributed by atoms with van der Waals surface area (Å²) in [6.45, 7) is 23.6. The number of nitrogens with one attached hydrogen (secondary N) is 1. The first-order valence-electron chi connectivity index (χ1n) is 21.8. The monoisotopic (exact) mass is 727 g/mol. The molecule has 0 aliphatic heterocycles. The fourth-order valence-corrected chi connectivity index (χ4v) is 10.8. The summed E-state index contributed by atoms with van der Waals surface area (Å²) in [5, 5.41) is 3.47. The molecule has 8 unspecified atom stereocenters. The van der Waals surface area contributed by atoms with E-state index in [0.717, 1.165) is 93.5 Å². The Hall–Kier alpha value is -1.44. The number of hydrogen-bond donors (Lipinski definition) is 3. The second kappa shape index (κ2) is 18.5. The van der Waals surface area contributed by atoms with Crippen molar-refractivity contribution in [1.29, 1.82) is 0 Å². The molecule has 0 saturated heterocycles. The second-order valence-corrected chi connectivity index (χ2v) is 20.4. The van der Waals surface area contributed by atoms with Crippen molar-refractivity contribution in [3.05, 3.63) is 11.6 Å². The SMILES string of the molecule is CC(C)C(C)CCCC1CCC2C3CC=C4CC(OC(=O)CCC(=O)N(CCCCNCCC(C)(C)N)CCC(C)(C)N)CCC4(C)C3CCC12C. The molecule has 7 nitrogen and oxygen atoms in total. The van der Waals surface area contributed by atoms with Crippen LogP contribution in [0, 0.1) is 46.3 Å². The van der Waals surface area contributed by atoms with Crippen LogP contribution >= 0.6 is 0 Å². The molecule has 0 aromatic heterocycles. The largest absolute Gasteiger partial charge is 0.462 e. The summed E-state index contributed by atoms with van der Waals surface area (Å²) in [4.78, 5) is 28.4. The Morgan fingerprint density at radius 3 is 2.33 bits per heavy atom. The van der Waals surface area contributed by atoms with Crippen molar-refractivity contribution in [1.82, 2.24) is 10.2 Å². The third-order valence-corrected chi connectivity index (χ3v) is 14.8. The first-order chi connectivity index (χ1) is 24.3. The van der Waals surface area contributed by atoms with Gasteiger partial charge in [-0.1, -0.05) is 59.1 Å². The van der Waals surface area contributed by atoms with Crippen LogP contribution in [0.1, 0.15) is 171 Å². The van der Waals surface area contributed by atoms with Crippen molar-refractivity contribution in [3.63, 3.8) is 0 Å². The lowest BCUT2D eigenvalue weighted by Gasteiger charge is -2.58. The van der Waals surface area contributed by atoms with E-state index < -0.39 is 0 Å². The molecular formula is C45H82N4O3. The minimum Gasteiger partial charge on any atom is -0.462 e. The molecule has 0 radical (unpaired) electrons. The Kier molecular flexibility index (Phi) is 15.4. The predicted molar refractivity (Wildman–Crippen MR) is 217 cm³/mol. The summed E-state index contributed by atoms with van der Waals surface area (Å²) >= 11 is 0. The third-order valence-electron chi connectivity index (χ3n) is 14.8. The van der Waals surface area contributed by atoms with Gasteiger partial charge in [0.1, 0.15) is 6.10 Å². The third kappa shape index (κ3) is 11.8. The number of nitrogens with zero attached hydrogens (tertiary/aromatic N) is 1. The number of carbonyl (C=O) groups is 2. The zero-order valence-electron chi connectivity index (χ0n) is 35.3. The van der Waals surface area contributed by atoms with E-state index in [2.05, 4.69) is 46.0 Å². The Morgan fingerprint density at radius 2 is 1.63 bits per heavy atom. The molecule has 0 bridgehead atoms. The summed E-state index contributed by atoms with van der Waals surface area (Å²) in [5.41, 5.74) is 14.2. The molecule has 5 N–H and O–H groups in total. The maximum atomic E-state index is 13.4. The topological polar surface area (TPSA) is 111 Å². The van der Waals surface area contributed by atoms with Gasteiger partial charge in [0, 0.05) is 37.0 Å². The van der Waals surface area contributed by atoms with Crippen LogP contribution in [-0.2, 0) is 14.3 Å². The van der Waals surface area contributed by atoms with Crippen LogP contribution in [0.25, 0.3) is 0 Å². The number of allylic oxidation sites excluding steroid dienone is 1. The maximum Gasteiger partial charge on any atom is 0.306 e. The predicted octanol–water partition coefficient (Wildman–Crippen LogP) is 9.17. The fourth-order valence-electron chi connectivity index (χ4n) is 10.8. The van der Waals surface area contributed by atoms with Gasteiger partial charge in [0.15, 0.2) is 0 Å². The average Bonchev–Trinajstić information content (AvgIpc) is 3.39. The van der Waals surface area contributed by atoms with Gasteiger partial charge in [-0.05, 0) is 164 Å². The van der Waals surface area contributed by atoms with Gasteiger partial charge >= 0.3 is 5.97 Å². The van der Waals surface area contributed by atoms with Crippen LogP contribution in [0.5, 0.6) is 0 Å². The summed E-state index contributed by atoms with van der Waals surface area (Å²) < 4.78 is 6.11. The van der Waals surface area contributed by atoms with Crippen LogP contribution in [-0.4, -0.2) is 60.1 Å². The van der Waals surface area contributed by atoms with E-state index in [-0.39, 0.29) is 47.3 Å². The molecule has 8 atom stereocenters. The van der Waals surface area contributed by atoms with E-state index in [1.807, 2.05) is 32.6 Å². The zero-order valence-corrected chi connectivity index (χ0v) is 35.3. The quantitative estimate of drug-likeness (QED) is 0.0656. The summed E-state index contributed by atoms with van der Waals surface area (Å²) in [6.07, 6.45) is 20.3. The highest BCUT2D eigenvalue weighted by Crippen LogP contribution is 2.67. The maximum absolute atomic E-state index is 13.4. The minimum atomic E-state index is -0.347. The molecule has 7 heteroatoms. The van der Waals surface area contributed by atoms with Crippen LogP contribution in [0.15, 0.2) is 11.6 Å². The first kappa shape index (κ1) is 43.3. The Labute approximate surface area is 320 Å². The standard InChI is InChI=1S/C45H82N4O3/c1-32(2)33(3)13-12-14-34-16-18-38-37-17-15-35-31-36(21-23-45(35,9)39(37)22-24-44(34,38)8)52-41(51)20-19-40(50)49(30-26-43(6,7)47)29-11-10-27-48-28-25-42(4,5)46/h15,32-34,36-39,48H,10-14,16-31,46-47H2,1-9H3. The van der Waals surface area contributed by atoms with Crippen molar-refractivity contribution in [2.75, 3.05) is 26.2 Å². The van der Waals surface area contributed by atoms with Gasteiger partial charge in [-0.3, -0.25) is 9.59 Å². The molecule has 300 valence electrons. The Bertz CT molecular complexity index is 1190. The van der Waals surface area contributed by atoms with E-state index in [9.17, 15) is 9.59 Å². The average molecular weight is 727 g/mol. The van der Waals surface area contributed by atoms with Crippen molar-refractivity contribution in [2.24, 2.45) is 57.8 Å². The van der Waals surface area contributed by atoms with E-state index in [1.54, 1.807) is 5.57 Å². The van der Waals surface area contributed by atoms with Crippen LogP contribution in [0.4, 0.5) is 0 Å². The molecule has 3 fully saturated rings. The summed E-state index contributed by atoms with van der Waals surface area (Å²) in [5.74, 6) is 4.76. The molecule has 0 aromatic rings. The van der Waals surface area contributed by atoms with Gasteiger partial charge < -0.3 is 26.4 Å². The van der Waals surface area contributed by atoms with Gasteiger partial charge in [-0.15, -0.1) is 0 Å². The molecule has 1 amide bonds. The number of carbonyl (C=O) groups excluding carboxylic acids is 2. The highest BCUT2D eigenvalue weighted by molar-refractivity contribution is 5.81. The summed E-state index contributed by atoms with van der Waals surface area (Å²) in [7, 11) is 0. The number of hydrogen-bond acceptors (Lipinski definition) is 6. The molecule has 0 spiro atoms. The number of ether oxygens (including phenoxy) is 1. The van der Waals surface area contributed by atoms with E-state index in [0.29, 0.717) is 18.5 Å². The first-order valence-corrected chi connectivity index (χ1v) is 21.8.